The topological polar surface area (TPSA) is 47.6 Å². The molecule has 0 aliphatic rings. The molecule has 1 N–H and O–H groups in total. The van der Waals surface area contributed by atoms with Crippen LogP contribution in [0.1, 0.15) is 21.5 Å². The molecule has 4 heteroatoms. The molecule has 4 nitrogen and oxygen atoms in total. The number of ether oxygens (including phenoxy) is 2. The van der Waals surface area contributed by atoms with Crippen LogP contribution in [0.3, 0.4) is 0 Å². The Kier molecular flexibility index (Phi) is 6.10. The van der Waals surface area contributed by atoms with Gasteiger partial charge in [-0.05, 0) is 73.5 Å². The van der Waals surface area contributed by atoms with Crippen molar-refractivity contribution >= 4 is 11.6 Å². The molecule has 138 valence electrons. The molecule has 0 atom stereocenters. The molecule has 3 aromatic rings. The molecule has 0 bridgehead atoms. The molecule has 0 radical (unpaired) electrons. The molecule has 0 aliphatic carbocycles. The van der Waals surface area contributed by atoms with Gasteiger partial charge in [-0.1, -0.05) is 24.3 Å². The lowest BCUT2D eigenvalue weighted by molar-refractivity contribution is 0.102. The highest BCUT2D eigenvalue weighted by Crippen LogP contribution is 2.17. The summed E-state index contributed by atoms with van der Waals surface area (Å²) in [6.45, 7) is 4.91. The van der Waals surface area contributed by atoms with E-state index in [0.717, 1.165) is 22.6 Å². The fraction of sp³-hybridized carbons (Fsp3) is 0.174. The largest absolute Gasteiger partial charge is 0.490 e. The molecule has 1 amide bonds. The summed E-state index contributed by atoms with van der Waals surface area (Å²) in [5.74, 6) is 1.38. The number of hydrogen-bond donors (Lipinski definition) is 1. The maximum Gasteiger partial charge on any atom is 0.255 e. The Morgan fingerprint density at radius 3 is 1.93 bits per heavy atom. The van der Waals surface area contributed by atoms with E-state index in [1.165, 1.54) is 0 Å². The van der Waals surface area contributed by atoms with Gasteiger partial charge in [-0.2, -0.15) is 0 Å². The fourth-order valence-electron chi connectivity index (χ4n) is 2.79. The zero-order chi connectivity index (χ0) is 19.1. The van der Waals surface area contributed by atoms with E-state index in [1.54, 1.807) is 24.3 Å². The molecular weight excluding hydrogens is 338 g/mol. The van der Waals surface area contributed by atoms with Gasteiger partial charge in [0.1, 0.15) is 24.7 Å². The first-order valence-corrected chi connectivity index (χ1v) is 8.90. The van der Waals surface area contributed by atoms with Crippen LogP contribution in [0.5, 0.6) is 11.5 Å². The lowest BCUT2D eigenvalue weighted by Crippen LogP contribution is -2.12. The lowest BCUT2D eigenvalue weighted by Gasteiger charge is -2.10. The Hall–Kier alpha value is -3.27. The fourth-order valence-corrected chi connectivity index (χ4v) is 2.79. The van der Waals surface area contributed by atoms with Crippen LogP contribution in [0.25, 0.3) is 0 Å². The predicted octanol–water partition coefficient (Wildman–Crippen LogP) is 5.01. The number of amides is 1. The van der Waals surface area contributed by atoms with Crippen LogP contribution in [0.4, 0.5) is 5.69 Å². The molecule has 0 fully saturated rings. The van der Waals surface area contributed by atoms with E-state index in [-0.39, 0.29) is 5.91 Å². The number of hydrogen-bond acceptors (Lipinski definition) is 3. The van der Waals surface area contributed by atoms with E-state index in [2.05, 4.69) is 11.4 Å². The highest BCUT2D eigenvalue weighted by atomic mass is 16.5. The number of rotatable bonds is 7. The maximum atomic E-state index is 12.4. The molecule has 0 spiro atoms. The van der Waals surface area contributed by atoms with Crippen LogP contribution in [0.2, 0.25) is 0 Å². The van der Waals surface area contributed by atoms with Crippen molar-refractivity contribution in [2.24, 2.45) is 0 Å². The normalized spacial score (nSPS) is 10.3. The van der Waals surface area contributed by atoms with Gasteiger partial charge in [-0.25, -0.2) is 0 Å². The minimum Gasteiger partial charge on any atom is -0.490 e. The summed E-state index contributed by atoms with van der Waals surface area (Å²) in [5.41, 5.74) is 3.62. The average molecular weight is 361 g/mol. The highest BCUT2D eigenvalue weighted by Gasteiger charge is 2.07. The molecule has 0 heterocycles. The molecule has 3 aromatic carbocycles. The molecule has 0 aliphatic heterocycles. The van der Waals surface area contributed by atoms with E-state index < -0.39 is 0 Å². The number of nitrogens with one attached hydrogen (secondary N) is 1. The number of para-hydroxylation sites is 1. The summed E-state index contributed by atoms with van der Waals surface area (Å²) in [6, 6.07) is 22.7. The van der Waals surface area contributed by atoms with Gasteiger partial charge >= 0.3 is 0 Å². The van der Waals surface area contributed by atoms with Crippen LogP contribution >= 0.6 is 0 Å². The number of anilines is 1. The van der Waals surface area contributed by atoms with E-state index in [9.17, 15) is 4.79 Å². The van der Waals surface area contributed by atoms with E-state index >= 15 is 0 Å². The lowest BCUT2D eigenvalue weighted by atomic mass is 10.1. The van der Waals surface area contributed by atoms with Gasteiger partial charge in [0.15, 0.2) is 0 Å². The monoisotopic (exact) mass is 361 g/mol. The van der Waals surface area contributed by atoms with Crippen molar-refractivity contribution in [3.63, 3.8) is 0 Å². The average Bonchev–Trinajstić information content (AvgIpc) is 2.66. The third-order valence-electron chi connectivity index (χ3n) is 3.96. The van der Waals surface area contributed by atoms with Gasteiger partial charge in [0.2, 0.25) is 0 Å². The van der Waals surface area contributed by atoms with Crippen molar-refractivity contribution in [1.82, 2.24) is 0 Å². The summed E-state index contributed by atoms with van der Waals surface area (Å²) < 4.78 is 11.2. The van der Waals surface area contributed by atoms with Crippen molar-refractivity contribution in [2.75, 3.05) is 18.5 Å². The molecule has 27 heavy (non-hydrogen) atoms. The highest BCUT2D eigenvalue weighted by molar-refractivity contribution is 6.04. The van der Waals surface area contributed by atoms with Crippen molar-refractivity contribution < 1.29 is 14.3 Å². The van der Waals surface area contributed by atoms with Crippen LogP contribution in [-0.4, -0.2) is 19.1 Å². The van der Waals surface area contributed by atoms with E-state index in [4.69, 9.17) is 9.47 Å². The third-order valence-corrected chi connectivity index (χ3v) is 3.96. The quantitative estimate of drug-likeness (QED) is 0.602. The zero-order valence-electron chi connectivity index (χ0n) is 15.6. The Morgan fingerprint density at radius 2 is 1.33 bits per heavy atom. The van der Waals surface area contributed by atoms with E-state index in [0.29, 0.717) is 24.5 Å². The van der Waals surface area contributed by atoms with Gasteiger partial charge in [0, 0.05) is 11.3 Å². The second kappa shape index (κ2) is 8.90. The minimum atomic E-state index is -0.140. The number of carbonyl (C=O) groups excluding carboxylic acids is 1. The summed E-state index contributed by atoms with van der Waals surface area (Å²) in [5, 5.41) is 2.93. The van der Waals surface area contributed by atoms with Gasteiger partial charge in [-0.3, -0.25) is 4.79 Å². The van der Waals surface area contributed by atoms with Gasteiger partial charge < -0.3 is 14.8 Å². The van der Waals surface area contributed by atoms with Crippen molar-refractivity contribution in [2.45, 2.75) is 13.8 Å². The molecule has 3 rings (SSSR count). The smallest absolute Gasteiger partial charge is 0.255 e. The Morgan fingerprint density at radius 1 is 0.778 bits per heavy atom. The number of carbonyl (C=O) groups is 1. The summed E-state index contributed by atoms with van der Waals surface area (Å²) in [6.07, 6.45) is 0. The molecule has 0 aromatic heterocycles. The third kappa shape index (κ3) is 5.61. The standard InChI is InChI=1S/C23H23NO3/c1-17-14-18(2)16-20(15-17)24-23(25)19-8-10-22(11-9-19)27-13-12-26-21-6-4-3-5-7-21/h3-11,14-16H,12-13H2,1-2H3,(H,24,25). The summed E-state index contributed by atoms with van der Waals surface area (Å²) in [4.78, 5) is 12.4. The molecule has 0 unspecified atom stereocenters. The minimum absolute atomic E-state index is 0.140. The zero-order valence-corrected chi connectivity index (χ0v) is 15.6. The molecule has 0 saturated carbocycles. The molecule has 0 saturated heterocycles. The van der Waals surface area contributed by atoms with Crippen molar-refractivity contribution in [3.8, 4) is 11.5 Å². The Bertz CT molecular complexity index is 869. The summed E-state index contributed by atoms with van der Waals surface area (Å²) >= 11 is 0. The van der Waals surface area contributed by atoms with E-state index in [1.807, 2.05) is 56.3 Å². The first kappa shape index (κ1) is 18.5. The first-order chi connectivity index (χ1) is 13.1. The van der Waals surface area contributed by atoms with Crippen molar-refractivity contribution in [3.05, 3.63) is 89.5 Å². The second-order valence-electron chi connectivity index (χ2n) is 6.36. The second-order valence-corrected chi connectivity index (χ2v) is 6.36. The number of aryl methyl sites for hydroxylation is 2. The maximum absolute atomic E-state index is 12.4. The van der Waals surface area contributed by atoms with Gasteiger partial charge in [-0.15, -0.1) is 0 Å². The number of benzene rings is 3. The first-order valence-electron chi connectivity index (χ1n) is 8.90. The SMILES string of the molecule is Cc1cc(C)cc(NC(=O)c2ccc(OCCOc3ccccc3)cc2)c1. The van der Waals surface area contributed by atoms with Crippen LogP contribution in [0, 0.1) is 13.8 Å². The molecular formula is C23H23NO3. The van der Waals surface area contributed by atoms with Crippen LogP contribution in [0.15, 0.2) is 72.8 Å². The van der Waals surface area contributed by atoms with Crippen LogP contribution in [-0.2, 0) is 0 Å². The van der Waals surface area contributed by atoms with Crippen molar-refractivity contribution in [1.29, 1.82) is 0 Å². The Balaban J connectivity index is 1.49. The van der Waals surface area contributed by atoms with Gasteiger partial charge in [0.05, 0.1) is 0 Å². The van der Waals surface area contributed by atoms with Crippen LogP contribution < -0.4 is 14.8 Å². The predicted molar refractivity (Wildman–Crippen MR) is 108 cm³/mol. The Labute approximate surface area is 159 Å². The van der Waals surface area contributed by atoms with Gasteiger partial charge in [0.25, 0.3) is 5.91 Å². The summed E-state index contributed by atoms with van der Waals surface area (Å²) in [7, 11) is 0.